The van der Waals surface area contributed by atoms with Crippen LogP contribution < -0.4 is 15.0 Å². The Morgan fingerprint density at radius 3 is 2.58 bits per heavy atom. The zero-order valence-electron chi connectivity index (χ0n) is 18.7. The molecule has 0 bridgehead atoms. The number of benzene rings is 3. The monoisotopic (exact) mass is 441 g/mol. The smallest absolute Gasteiger partial charge is 0.262 e. The number of amides is 2. The van der Waals surface area contributed by atoms with Crippen molar-refractivity contribution in [1.82, 2.24) is 4.90 Å². The Morgan fingerprint density at radius 2 is 1.76 bits per heavy atom. The van der Waals surface area contributed by atoms with Crippen LogP contribution in [0, 0.1) is 6.92 Å². The lowest BCUT2D eigenvalue weighted by Crippen LogP contribution is -2.43. The van der Waals surface area contributed by atoms with E-state index in [4.69, 9.17) is 4.74 Å². The highest BCUT2D eigenvalue weighted by molar-refractivity contribution is 6.12. The van der Waals surface area contributed by atoms with Crippen molar-refractivity contribution >= 4 is 23.2 Å². The van der Waals surface area contributed by atoms with Crippen LogP contribution in [-0.2, 0) is 4.79 Å². The summed E-state index contributed by atoms with van der Waals surface area (Å²) in [7, 11) is 0. The van der Waals surface area contributed by atoms with E-state index < -0.39 is 6.17 Å². The second kappa shape index (κ2) is 8.98. The summed E-state index contributed by atoms with van der Waals surface area (Å²) < 4.78 is 6.03. The number of rotatable bonds is 5. The van der Waals surface area contributed by atoms with Crippen LogP contribution in [0.1, 0.15) is 40.5 Å². The van der Waals surface area contributed by atoms with Gasteiger partial charge in [0.15, 0.2) is 6.61 Å². The van der Waals surface area contributed by atoms with Crippen LogP contribution in [0.25, 0.3) is 0 Å². The van der Waals surface area contributed by atoms with Gasteiger partial charge < -0.3 is 15.0 Å². The zero-order chi connectivity index (χ0) is 22.8. The molecule has 6 heteroatoms. The van der Waals surface area contributed by atoms with E-state index in [1.54, 1.807) is 4.90 Å². The highest BCUT2D eigenvalue weighted by Gasteiger charge is 2.35. The van der Waals surface area contributed by atoms with E-state index in [9.17, 15) is 9.59 Å². The molecule has 0 saturated carbocycles. The molecule has 0 radical (unpaired) electrons. The number of hydrogen-bond acceptors (Lipinski definition) is 4. The SMILES string of the molecule is Cc1cccc(N2C(=O)c3ccccc3N[C@H]2c2ccccc2OCC(=O)N2CCCC2)c1. The van der Waals surface area contributed by atoms with Gasteiger partial charge in [-0.1, -0.05) is 42.5 Å². The van der Waals surface area contributed by atoms with Crippen LogP contribution in [0.15, 0.2) is 72.8 Å². The number of fused-ring (bicyclic) bond motifs is 1. The second-order valence-electron chi connectivity index (χ2n) is 8.52. The number of aryl methyl sites for hydroxylation is 1. The quantitative estimate of drug-likeness (QED) is 0.620. The zero-order valence-corrected chi connectivity index (χ0v) is 18.7. The Kier molecular flexibility index (Phi) is 5.73. The molecule has 3 aromatic rings. The molecule has 0 aromatic heterocycles. The maximum absolute atomic E-state index is 13.6. The summed E-state index contributed by atoms with van der Waals surface area (Å²) in [6.45, 7) is 3.58. The third-order valence-corrected chi connectivity index (χ3v) is 6.23. The van der Waals surface area contributed by atoms with E-state index in [2.05, 4.69) is 5.32 Å². The van der Waals surface area contributed by atoms with E-state index in [-0.39, 0.29) is 18.4 Å². The van der Waals surface area contributed by atoms with Crippen molar-refractivity contribution in [2.75, 3.05) is 29.9 Å². The minimum atomic E-state index is -0.479. The number of ether oxygens (including phenoxy) is 1. The maximum Gasteiger partial charge on any atom is 0.262 e. The molecule has 1 atom stereocenters. The Bertz CT molecular complexity index is 1190. The number of likely N-dealkylation sites (tertiary alicyclic amines) is 1. The lowest BCUT2D eigenvalue weighted by Gasteiger charge is -2.38. The third-order valence-electron chi connectivity index (χ3n) is 6.23. The summed E-state index contributed by atoms with van der Waals surface area (Å²) in [4.78, 5) is 29.8. The molecule has 2 aliphatic heterocycles. The molecule has 0 aliphatic carbocycles. The molecule has 2 aliphatic rings. The predicted octanol–water partition coefficient (Wildman–Crippen LogP) is 4.77. The van der Waals surface area contributed by atoms with Gasteiger partial charge in [-0.05, 0) is 55.7 Å². The van der Waals surface area contributed by atoms with Gasteiger partial charge in [0.25, 0.3) is 11.8 Å². The van der Waals surface area contributed by atoms with Gasteiger partial charge in [-0.25, -0.2) is 0 Å². The van der Waals surface area contributed by atoms with E-state index in [0.717, 1.165) is 48.4 Å². The Hall–Kier alpha value is -3.80. The third kappa shape index (κ3) is 4.16. The van der Waals surface area contributed by atoms with Gasteiger partial charge in [-0.15, -0.1) is 0 Å². The lowest BCUT2D eigenvalue weighted by atomic mass is 10.0. The van der Waals surface area contributed by atoms with Crippen molar-refractivity contribution in [2.24, 2.45) is 0 Å². The summed E-state index contributed by atoms with van der Waals surface area (Å²) >= 11 is 0. The Morgan fingerprint density at radius 1 is 1.00 bits per heavy atom. The van der Waals surface area contributed by atoms with Gasteiger partial charge in [-0.3, -0.25) is 14.5 Å². The lowest BCUT2D eigenvalue weighted by molar-refractivity contribution is -0.132. The van der Waals surface area contributed by atoms with Crippen molar-refractivity contribution in [2.45, 2.75) is 25.9 Å². The standard InChI is InChI=1S/C27H27N3O3/c1-19-9-8-10-20(17-19)30-26(28-23-13-4-2-11-21(23)27(30)32)22-12-3-5-14-24(22)33-18-25(31)29-15-6-7-16-29/h2-5,8-14,17,26,28H,6-7,15-16,18H2,1H3/t26-/m1/s1. The molecule has 0 spiro atoms. The molecule has 1 fully saturated rings. The van der Waals surface area contributed by atoms with Crippen LogP contribution >= 0.6 is 0 Å². The average molecular weight is 442 g/mol. The molecule has 3 aromatic carbocycles. The first-order valence-corrected chi connectivity index (χ1v) is 11.4. The van der Waals surface area contributed by atoms with E-state index >= 15 is 0 Å². The van der Waals surface area contributed by atoms with Crippen LogP contribution in [0.3, 0.4) is 0 Å². The molecule has 6 nitrogen and oxygen atoms in total. The van der Waals surface area contributed by atoms with Gasteiger partial charge in [0.1, 0.15) is 11.9 Å². The number of carbonyl (C=O) groups is 2. The second-order valence-corrected chi connectivity index (χ2v) is 8.52. The molecule has 168 valence electrons. The van der Waals surface area contributed by atoms with Crippen molar-refractivity contribution in [1.29, 1.82) is 0 Å². The molecule has 5 rings (SSSR count). The molecular formula is C27H27N3O3. The summed E-state index contributed by atoms with van der Waals surface area (Å²) in [6, 6.07) is 23.0. The summed E-state index contributed by atoms with van der Waals surface area (Å²) in [6.07, 6.45) is 1.61. The predicted molar refractivity (Wildman–Crippen MR) is 129 cm³/mol. The molecule has 0 unspecified atom stereocenters. The number of anilines is 2. The summed E-state index contributed by atoms with van der Waals surface area (Å²) in [5, 5.41) is 3.52. The topological polar surface area (TPSA) is 61.9 Å². The molecule has 2 amide bonds. The van der Waals surface area contributed by atoms with E-state index in [1.807, 2.05) is 84.6 Å². The first-order valence-electron chi connectivity index (χ1n) is 11.4. The summed E-state index contributed by atoms with van der Waals surface area (Å²) in [5.41, 5.74) is 4.07. The first-order chi connectivity index (χ1) is 16.1. The van der Waals surface area contributed by atoms with E-state index in [0.29, 0.717) is 11.3 Å². The van der Waals surface area contributed by atoms with Crippen molar-refractivity contribution < 1.29 is 14.3 Å². The van der Waals surface area contributed by atoms with Gasteiger partial charge in [-0.2, -0.15) is 0 Å². The van der Waals surface area contributed by atoms with Crippen LogP contribution in [0.4, 0.5) is 11.4 Å². The minimum Gasteiger partial charge on any atom is -0.483 e. The van der Waals surface area contributed by atoms with Gasteiger partial charge in [0.05, 0.1) is 5.56 Å². The van der Waals surface area contributed by atoms with Crippen molar-refractivity contribution in [3.05, 3.63) is 89.5 Å². The summed E-state index contributed by atoms with van der Waals surface area (Å²) in [5.74, 6) is 0.506. The van der Waals surface area contributed by atoms with Gasteiger partial charge in [0.2, 0.25) is 0 Å². The maximum atomic E-state index is 13.6. The first kappa shape index (κ1) is 21.1. The van der Waals surface area contributed by atoms with Crippen LogP contribution in [0.5, 0.6) is 5.75 Å². The minimum absolute atomic E-state index is 0.00383. The fraction of sp³-hybridized carbons (Fsp3) is 0.259. The van der Waals surface area contributed by atoms with Crippen molar-refractivity contribution in [3.8, 4) is 5.75 Å². The largest absolute Gasteiger partial charge is 0.483 e. The number of carbonyl (C=O) groups excluding carboxylic acids is 2. The highest BCUT2D eigenvalue weighted by Crippen LogP contribution is 2.39. The fourth-order valence-electron chi connectivity index (χ4n) is 4.55. The number of para-hydroxylation sites is 2. The number of nitrogens with zero attached hydrogens (tertiary/aromatic N) is 2. The van der Waals surface area contributed by atoms with Crippen LogP contribution in [0.2, 0.25) is 0 Å². The Balaban J connectivity index is 1.51. The number of hydrogen-bond donors (Lipinski definition) is 1. The number of nitrogens with one attached hydrogen (secondary N) is 1. The molecule has 2 heterocycles. The van der Waals surface area contributed by atoms with Crippen LogP contribution in [-0.4, -0.2) is 36.4 Å². The normalized spacial score (nSPS) is 17.5. The fourth-order valence-corrected chi connectivity index (χ4v) is 4.55. The molecule has 33 heavy (non-hydrogen) atoms. The average Bonchev–Trinajstić information content (AvgIpc) is 3.38. The van der Waals surface area contributed by atoms with Gasteiger partial charge >= 0.3 is 0 Å². The molecule has 1 saturated heterocycles. The van der Waals surface area contributed by atoms with Crippen molar-refractivity contribution in [3.63, 3.8) is 0 Å². The highest BCUT2D eigenvalue weighted by atomic mass is 16.5. The molecule has 1 N–H and O–H groups in total. The Labute approximate surface area is 193 Å². The molecular weight excluding hydrogens is 414 g/mol. The van der Waals surface area contributed by atoms with Gasteiger partial charge in [0, 0.05) is 30.0 Å². The van der Waals surface area contributed by atoms with E-state index in [1.165, 1.54) is 0 Å².